The lowest BCUT2D eigenvalue weighted by Gasteiger charge is -2.06. The highest BCUT2D eigenvalue weighted by molar-refractivity contribution is 5.94. The Bertz CT molecular complexity index is 1260. The van der Waals surface area contributed by atoms with Gasteiger partial charge in [0.05, 0.1) is 0 Å². The Balaban J connectivity index is 1.40. The lowest BCUT2D eigenvalue weighted by molar-refractivity contribution is -0.131. The summed E-state index contributed by atoms with van der Waals surface area (Å²) < 4.78 is 10.7. The molecule has 2 aromatic carbocycles. The van der Waals surface area contributed by atoms with Crippen molar-refractivity contribution in [3.63, 3.8) is 0 Å². The number of nitrogens with two attached hydrogens (primary N) is 2. The van der Waals surface area contributed by atoms with Crippen LogP contribution in [-0.2, 0) is 22.4 Å². The Labute approximate surface area is 196 Å². The lowest BCUT2D eigenvalue weighted by Crippen LogP contribution is -2.17. The smallest absolute Gasteiger partial charge is 0.336 e. The van der Waals surface area contributed by atoms with Crippen molar-refractivity contribution in [2.45, 2.75) is 38.8 Å². The number of fused-ring (bicyclic) bond motifs is 2. The first kappa shape index (κ1) is 23.3. The van der Waals surface area contributed by atoms with E-state index in [4.69, 9.17) is 20.9 Å². The maximum Gasteiger partial charge on any atom is 0.336 e. The van der Waals surface area contributed by atoms with Crippen LogP contribution in [0.15, 0.2) is 60.9 Å². The number of rotatable bonds is 8. The zero-order valence-corrected chi connectivity index (χ0v) is 19.1. The van der Waals surface area contributed by atoms with Gasteiger partial charge in [-0.25, -0.2) is 9.59 Å². The van der Waals surface area contributed by atoms with Gasteiger partial charge in [-0.05, 0) is 74.2 Å². The number of hydrogen-bond donors (Lipinski definition) is 4. The normalized spacial score (nSPS) is 13.4. The summed E-state index contributed by atoms with van der Waals surface area (Å²) >= 11 is 0. The molecular weight excluding hydrogens is 432 g/mol. The molecule has 0 bridgehead atoms. The largest absolute Gasteiger partial charge is 0.423 e. The monoisotopic (exact) mass is 460 g/mol. The molecular formula is C26H28N4O4. The molecule has 0 aliphatic heterocycles. The molecule has 0 saturated carbocycles. The number of aromatic amines is 2. The second kappa shape index (κ2) is 9.94. The summed E-state index contributed by atoms with van der Waals surface area (Å²) in [6.45, 7) is 3.87. The molecule has 2 heterocycles. The van der Waals surface area contributed by atoms with Gasteiger partial charge >= 0.3 is 11.9 Å². The summed E-state index contributed by atoms with van der Waals surface area (Å²) in [6.07, 6.45) is 7.29. The van der Waals surface area contributed by atoms with Gasteiger partial charge in [-0.2, -0.15) is 0 Å². The second-order valence-electron chi connectivity index (χ2n) is 8.58. The summed E-state index contributed by atoms with van der Waals surface area (Å²) in [5.41, 5.74) is 15.8. The maximum absolute atomic E-state index is 12.2. The highest BCUT2D eigenvalue weighted by Crippen LogP contribution is 2.26. The summed E-state index contributed by atoms with van der Waals surface area (Å²) in [5, 5.41) is 1.88. The van der Waals surface area contributed by atoms with E-state index in [9.17, 15) is 9.59 Å². The van der Waals surface area contributed by atoms with Gasteiger partial charge in [0.1, 0.15) is 11.5 Å². The average Bonchev–Trinajstić information content (AvgIpc) is 3.35. The van der Waals surface area contributed by atoms with Gasteiger partial charge in [-0.15, -0.1) is 0 Å². The quantitative estimate of drug-likeness (QED) is 0.180. The van der Waals surface area contributed by atoms with Crippen molar-refractivity contribution >= 4 is 33.7 Å². The molecule has 4 rings (SSSR count). The van der Waals surface area contributed by atoms with Crippen molar-refractivity contribution in [2.75, 3.05) is 0 Å². The van der Waals surface area contributed by atoms with Gasteiger partial charge in [0.15, 0.2) is 0 Å². The van der Waals surface area contributed by atoms with Crippen LogP contribution < -0.4 is 20.9 Å². The van der Waals surface area contributed by atoms with Crippen LogP contribution in [0.25, 0.3) is 21.8 Å². The van der Waals surface area contributed by atoms with E-state index in [-0.39, 0.29) is 12.1 Å². The van der Waals surface area contributed by atoms with E-state index in [0.717, 1.165) is 45.1 Å². The molecule has 0 spiro atoms. The Morgan fingerprint density at radius 1 is 0.794 bits per heavy atom. The fourth-order valence-electron chi connectivity index (χ4n) is 3.91. The van der Waals surface area contributed by atoms with Crippen molar-refractivity contribution in [2.24, 2.45) is 11.5 Å². The van der Waals surface area contributed by atoms with E-state index in [1.807, 2.05) is 38.4 Å². The first-order chi connectivity index (χ1) is 16.3. The minimum Gasteiger partial charge on any atom is -0.423 e. The predicted molar refractivity (Wildman–Crippen MR) is 132 cm³/mol. The molecule has 8 heteroatoms. The van der Waals surface area contributed by atoms with Crippen LogP contribution in [-0.4, -0.2) is 34.0 Å². The zero-order chi connectivity index (χ0) is 24.2. The Hall–Kier alpha value is -3.88. The van der Waals surface area contributed by atoms with Crippen molar-refractivity contribution < 1.29 is 19.1 Å². The van der Waals surface area contributed by atoms with Crippen LogP contribution in [0.4, 0.5) is 0 Å². The van der Waals surface area contributed by atoms with Gasteiger partial charge in [0, 0.05) is 58.4 Å². The minimum atomic E-state index is -0.680. The number of aromatic nitrogens is 2. The van der Waals surface area contributed by atoms with E-state index in [2.05, 4.69) is 9.97 Å². The fourth-order valence-corrected chi connectivity index (χ4v) is 3.91. The summed E-state index contributed by atoms with van der Waals surface area (Å²) in [6, 6.07) is 10.6. The van der Waals surface area contributed by atoms with E-state index >= 15 is 0 Å². The molecule has 176 valence electrons. The Morgan fingerprint density at radius 2 is 1.21 bits per heavy atom. The Kier molecular flexibility index (Phi) is 6.81. The van der Waals surface area contributed by atoms with E-state index in [1.54, 1.807) is 24.3 Å². The van der Waals surface area contributed by atoms with E-state index < -0.39 is 11.9 Å². The number of nitrogens with one attached hydrogen (secondary N) is 2. The van der Waals surface area contributed by atoms with Gasteiger partial charge < -0.3 is 30.9 Å². The number of carbonyl (C=O) groups excluding carboxylic acids is 2. The third kappa shape index (κ3) is 5.54. The third-order valence-corrected chi connectivity index (χ3v) is 5.35. The molecule has 2 atom stereocenters. The molecule has 2 aromatic heterocycles. The second-order valence-corrected chi connectivity index (χ2v) is 8.58. The summed E-state index contributed by atoms with van der Waals surface area (Å²) in [7, 11) is 0. The molecule has 0 aliphatic rings. The number of H-pyrrole nitrogens is 2. The molecule has 4 aromatic rings. The minimum absolute atomic E-state index is 0.00733. The van der Waals surface area contributed by atoms with Crippen molar-refractivity contribution in [3.8, 4) is 11.5 Å². The number of hydrogen-bond acceptors (Lipinski definition) is 6. The molecule has 0 fully saturated rings. The van der Waals surface area contributed by atoms with Gasteiger partial charge in [-0.3, -0.25) is 0 Å². The molecule has 0 radical (unpaired) electrons. The van der Waals surface area contributed by atoms with Crippen molar-refractivity contribution in [3.05, 3.63) is 72.1 Å². The van der Waals surface area contributed by atoms with Crippen LogP contribution in [0.5, 0.6) is 11.5 Å². The number of esters is 2. The Morgan fingerprint density at radius 3 is 1.59 bits per heavy atom. The standard InChI is InChI=1S/C26H28N4O4/c1-15(27)9-17-13-29-23-5-3-19(11-21(17)23)33-25(31)7-8-26(32)34-20-4-6-24-22(12-20)18(14-30-24)10-16(2)28/h3-8,11-16,29-30H,9-10,27-28H2,1-2H3/b8-7-. The number of carbonyl (C=O) groups is 2. The van der Waals surface area contributed by atoms with Crippen molar-refractivity contribution in [1.82, 2.24) is 9.97 Å². The zero-order valence-electron chi connectivity index (χ0n) is 19.1. The number of benzene rings is 2. The molecule has 0 aliphatic carbocycles. The van der Waals surface area contributed by atoms with Gasteiger partial charge in [0.25, 0.3) is 0 Å². The van der Waals surface area contributed by atoms with Crippen LogP contribution >= 0.6 is 0 Å². The third-order valence-electron chi connectivity index (χ3n) is 5.35. The van der Waals surface area contributed by atoms with Crippen LogP contribution in [0, 0.1) is 0 Å². The first-order valence-electron chi connectivity index (χ1n) is 11.1. The predicted octanol–water partition coefficient (Wildman–Crippen LogP) is 3.50. The molecule has 34 heavy (non-hydrogen) atoms. The molecule has 6 N–H and O–H groups in total. The molecule has 0 amide bonds. The molecule has 8 nitrogen and oxygen atoms in total. The lowest BCUT2D eigenvalue weighted by atomic mass is 10.1. The number of ether oxygens (including phenoxy) is 2. The van der Waals surface area contributed by atoms with Crippen molar-refractivity contribution in [1.29, 1.82) is 0 Å². The van der Waals surface area contributed by atoms with E-state index in [0.29, 0.717) is 24.3 Å². The summed E-state index contributed by atoms with van der Waals surface area (Å²) in [5.74, 6) is -0.608. The summed E-state index contributed by atoms with van der Waals surface area (Å²) in [4.78, 5) is 30.8. The fraction of sp³-hybridized carbons (Fsp3) is 0.231. The van der Waals surface area contributed by atoms with Gasteiger partial charge in [-0.1, -0.05) is 0 Å². The topological polar surface area (TPSA) is 136 Å². The first-order valence-corrected chi connectivity index (χ1v) is 11.1. The maximum atomic E-state index is 12.2. The molecule has 0 saturated heterocycles. The highest BCUT2D eigenvalue weighted by atomic mass is 16.5. The van der Waals surface area contributed by atoms with Crippen LogP contribution in [0.3, 0.4) is 0 Å². The van der Waals surface area contributed by atoms with Crippen LogP contribution in [0.1, 0.15) is 25.0 Å². The highest BCUT2D eigenvalue weighted by Gasteiger charge is 2.11. The van der Waals surface area contributed by atoms with Crippen LogP contribution in [0.2, 0.25) is 0 Å². The molecule has 2 unspecified atom stereocenters. The van der Waals surface area contributed by atoms with Gasteiger partial charge in [0.2, 0.25) is 0 Å². The SMILES string of the molecule is CC(N)Cc1c[nH]c2ccc(OC(=O)/C=C\C(=O)Oc3ccc4[nH]cc(CC(C)N)c4c3)cc12. The van der Waals surface area contributed by atoms with E-state index in [1.165, 1.54) is 0 Å². The average molecular weight is 461 g/mol.